The van der Waals surface area contributed by atoms with E-state index in [1.165, 1.54) is 5.56 Å². The molecule has 3 N–H and O–H groups in total. The number of hydrogen-bond donors (Lipinski definition) is 3. The number of urea groups is 1. The van der Waals surface area contributed by atoms with Crippen molar-refractivity contribution in [3.8, 4) is 0 Å². The Morgan fingerprint density at radius 3 is 2.05 bits per heavy atom. The van der Waals surface area contributed by atoms with Gasteiger partial charge in [0.1, 0.15) is 0 Å². The summed E-state index contributed by atoms with van der Waals surface area (Å²) in [6.07, 6.45) is -1.91. The molecule has 4 heterocycles. The highest BCUT2D eigenvalue weighted by molar-refractivity contribution is 5.74. The second-order valence-electron chi connectivity index (χ2n) is 9.39. The molecular weight excluding hydrogens is 542 g/mol. The molecule has 0 radical (unpaired) electrons. The highest BCUT2D eigenvalue weighted by atomic mass is 19.4. The molecule has 1 unspecified atom stereocenters. The Balaban J connectivity index is 0.000000317. The van der Waals surface area contributed by atoms with Crippen LogP contribution in [0.25, 0.3) is 0 Å². The van der Waals surface area contributed by atoms with Gasteiger partial charge in [0, 0.05) is 51.7 Å². The first-order valence-corrected chi connectivity index (χ1v) is 12.0. The van der Waals surface area contributed by atoms with E-state index in [4.69, 9.17) is 24.5 Å². The Morgan fingerprint density at radius 1 is 1.05 bits per heavy atom. The van der Waals surface area contributed by atoms with Gasteiger partial charge in [-0.15, -0.1) is 0 Å². The molecule has 1 aromatic heterocycles. The number of pyridine rings is 1. The molecule has 3 aliphatic heterocycles. The number of carbonyl (C=O) groups excluding carboxylic acids is 1. The summed E-state index contributed by atoms with van der Waals surface area (Å²) in [5, 5.41) is 17.3. The first-order chi connectivity index (χ1) is 18.1. The van der Waals surface area contributed by atoms with Gasteiger partial charge in [-0.1, -0.05) is 6.07 Å². The number of alkyl halides is 6. The van der Waals surface area contributed by atoms with Crippen molar-refractivity contribution in [1.29, 1.82) is 0 Å². The first-order valence-electron chi connectivity index (χ1n) is 12.0. The van der Waals surface area contributed by atoms with Crippen LogP contribution in [0, 0.1) is 5.92 Å². The number of amides is 2. The monoisotopic (exact) mass is 572 g/mol. The van der Waals surface area contributed by atoms with Crippen LogP contribution in [0.4, 0.5) is 31.1 Å². The van der Waals surface area contributed by atoms with Crippen molar-refractivity contribution in [3.63, 3.8) is 0 Å². The van der Waals surface area contributed by atoms with E-state index < -0.39 is 24.3 Å². The molecule has 1 aromatic rings. The fourth-order valence-corrected chi connectivity index (χ4v) is 4.22. The van der Waals surface area contributed by atoms with Crippen LogP contribution in [-0.2, 0) is 20.9 Å². The zero-order valence-electron chi connectivity index (χ0n) is 20.8. The maximum atomic E-state index is 12.1. The quantitative estimate of drug-likeness (QED) is 0.469. The van der Waals surface area contributed by atoms with Gasteiger partial charge in [-0.2, -0.15) is 26.3 Å². The number of ether oxygens (including phenoxy) is 1. The van der Waals surface area contributed by atoms with E-state index in [0.29, 0.717) is 5.92 Å². The second kappa shape index (κ2) is 13.8. The number of carboxylic acids is 2. The van der Waals surface area contributed by atoms with Crippen LogP contribution in [0.1, 0.15) is 31.2 Å². The van der Waals surface area contributed by atoms with Crippen LogP contribution >= 0.6 is 0 Å². The van der Waals surface area contributed by atoms with E-state index >= 15 is 0 Å². The lowest BCUT2D eigenvalue weighted by Crippen LogP contribution is -2.64. The highest BCUT2D eigenvalue weighted by Crippen LogP contribution is 2.36. The number of nitrogens with one attached hydrogen (secondary N) is 1. The number of aromatic nitrogens is 1. The van der Waals surface area contributed by atoms with Crippen molar-refractivity contribution >= 4 is 18.0 Å². The maximum absolute atomic E-state index is 12.1. The van der Waals surface area contributed by atoms with E-state index in [1.54, 1.807) is 0 Å². The number of aliphatic carboxylic acids is 2. The van der Waals surface area contributed by atoms with Crippen LogP contribution in [0.3, 0.4) is 0 Å². The van der Waals surface area contributed by atoms with E-state index in [0.717, 1.165) is 71.6 Å². The molecule has 0 bridgehead atoms. The Kier molecular flexibility index (Phi) is 11.3. The summed E-state index contributed by atoms with van der Waals surface area (Å²) in [4.78, 5) is 38.4. The lowest BCUT2D eigenvalue weighted by atomic mass is 9.82. The van der Waals surface area contributed by atoms with Gasteiger partial charge in [-0.05, 0) is 43.2 Å². The normalized spacial score (nSPS) is 20.6. The molecule has 3 aliphatic rings. The van der Waals surface area contributed by atoms with Crippen LogP contribution in [-0.4, -0.2) is 100 Å². The van der Waals surface area contributed by atoms with Gasteiger partial charge >= 0.3 is 30.3 Å². The summed E-state index contributed by atoms with van der Waals surface area (Å²) in [6, 6.07) is 4.21. The smallest absolute Gasteiger partial charge is 0.475 e. The van der Waals surface area contributed by atoms with Crippen molar-refractivity contribution < 1.29 is 55.7 Å². The van der Waals surface area contributed by atoms with Crippen LogP contribution in [0.2, 0.25) is 0 Å². The van der Waals surface area contributed by atoms with Crippen LogP contribution in [0.15, 0.2) is 24.5 Å². The number of carbonyl (C=O) groups is 3. The summed E-state index contributed by atoms with van der Waals surface area (Å²) in [5.74, 6) is -5.07. The van der Waals surface area contributed by atoms with Crippen LogP contribution in [0.5, 0.6) is 0 Å². The Bertz CT molecular complexity index is 917. The molecule has 0 saturated carbocycles. The van der Waals surface area contributed by atoms with Crippen molar-refractivity contribution in [2.45, 2.75) is 50.2 Å². The molecule has 3 saturated heterocycles. The minimum Gasteiger partial charge on any atom is -0.475 e. The number of likely N-dealkylation sites (tertiary alicyclic amines) is 2. The second-order valence-corrected chi connectivity index (χ2v) is 9.39. The molecule has 2 amide bonds. The molecule has 10 nitrogen and oxygen atoms in total. The minimum absolute atomic E-state index is 0.0532. The zero-order chi connectivity index (χ0) is 29.3. The van der Waals surface area contributed by atoms with Gasteiger partial charge in [-0.25, -0.2) is 14.4 Å². The molecule has 0 aromatic carbocycles. The van der Waals surface area contributed by atoms with Crippen molar-refractivity contribution in [2.75, 3.05) is 39.3 Å². The molecule has 39 heavy (non-hydrogen) atoms. The van der Waals surface area contributed by atoms with Gasteiger partial charge in [-0.3, -0.25) is 9.88 Å². The standard InChI is InChI=1S/C19H28N4O2.2C2HF3O2/c24-18(23-8-1-2-9-23)21-11-17-5-6-19(25-13-17)14-22(15-19)12-16-4-3-7-20-10-16;2*3-2(4,5)1(6)7/h3-4,7,10,17H,1-2,5-6,8-9,11-15H2,(H,21,24);2*(H,6,7). The van der Waals surface area contributed by atoms with Crippen molar-refractivity contribution in [2.24, 2.45) is 5.92 Å². The van der Waals surface area contributed by atoms with Gasteiger partial charge in [0.2, 0.25) is 0 Å². The SMILES string of the molecule is O=C(NCC1CCC2(CN(Cc3cccnc3)C2)OC1)N1CCCC1.O=C(O)C(F)(F)F.O=C(O)C(F)(F)F. The summed E-state index contributed by atoms with van der Waals surface area (Å²) < 4.78 is 69.7. The Hall–Kier alpha value is -3.14. The molecule has 1 spiro atoms. The topological polar surface area (TPSA) is 132 Å². The van der Waals surface area contributed by atoms with E-state index in [-0.39, 0.29) is 11.6 Å². The fraction of sp³-hybridized carbons (Fsp3) is 0.652. The lowest BCUT2D eigenvalue weighted by molar-refractivity contribution is -0.193. The highest BCUT2D eigenvalue weighted by Gasteiger charge is 2.46. The summed E-state index contributed by atoms with van der Waals surface area (Å²) in [6.45, 7) is 6.29. The molecule has 16 heteroatoms. The van der Waals surface area contributed by atoms with Crippen LogP contribution < -0.4 is 5.32 Å². The molecule has 220 valence electrons. The summed E-state index contributed by atoms with van der Waals surface area (Å²) in [7, 11) is 0. The minimum atomic E-state index is -5.08. The largest absolute Gasteiger partial charge is 0.490 e. The molecular formula is C23H30F6N4O6. The number of halogens is 6. The van der Waals surface area contributed by atoms with E-state index in [9.17, 15) is 31.1 Å². The Labute approximate surface area is 219 Å². The summed E-state index contributed by atoms with van der Waals surface area (Å²) >= 11 is 0. The average Bonchev–Trinajstić information content (AvgIpc) is 3.38. The molecule has 1 atom stereocenters. The van der Waals surface area contributed by atoms with Crippen molar-refractivity contribution in [3.05, 3.63) is 30.1 Å². The zero-order valence-corrected chi connectivity index (χ0v) is 20.8. The number of rotatable bonds is 4. The predicted molar refractivity (Wildman–Crippen MR) is 123 cm³/mol. The van der Waals surface area contributed by atoms with Crippen molar-refractivity contribution in [1.82, 2.24) is 20.1 Å². The molecule has 4 rings (SSSR count). The Morgan fingerprint density at radius 2 is 1.62 bits per heavy atom. The molecule has 0 aliphatic carbocycles. The van der Waals surface area contributed by atoms with Gasteiger partial charge in [0.25, 0.3) is 0 Å². The van der Waals surface area contributed by atoms with E-state index in [2.05, 4.69) is 21.3 Å². The predicted octanol–water partition coefficient (Wildman–Crippen LogP) is 3.13. The third-order valence-corrected chi connectivity index (χ3v) is 6.21. The first kappa shape index (κ1) is 32.1. The van der Waals surface area contributed by atoms with Gasteiger partial charge in [0.05, 0.1) is 12.2 Å². The molecule has 3 fully saturated rings. The lowest BCUT2D eigenvalue weighted by Gasteiger charge is -2.53. The number of nitrogens with zero attached hydrogens (tertiary/aromatic N) is 3. The third kappa shape index (κ3) is 10.9. The van der Waals surface area contributed by atoms with Gasteiger partial charge < -0.3 is 25.2 Å². The third-order valence-electron chi connectivity index (χ3n) is 6.21. The summed E-state index contributed by atoms with van der Waals surface area (Å²) in [5.41, 5.74) is 1.31. The maximum Gasteiger partial charge on any atom is 0.490 e. The average molecular weight is 573 g/mol. The fourth-order valence-electron chi connectivity index (χ4n) is 4.22. The number of hydrogen-bond acceptors (Lipinski definition) is 6. The van der Waals surface area contributed by atoms with Gasteiger partial charge in [0.15, 0.2) is 0 Å². The van der Waals surface area contributed by atoms with E-state index in [1.807, 2.05) is 23.4 Å². The number of carboxylic acid groups (broad SMARTS) is 2.